The van der Waals surface area contributed by atoms with E-state index in [2.05, 4.69) is 21.0 Å². The molecule has 3 rings (SSSR count). The molecule has 15 heteroatoms. The Morgan fingerprint density at radius 1 is 1.03 bits per heavy atom. The normalized spacial score (nSPS) is 12.7. The largest absolute Gasteiger partial charge is 0.417 e. The molecule has 37 heavy (non-hydrogen) atoms. The Morgan fingerprint density at radius 2 is 1.68 bits per heavy atom. The van der Waals surface area contributed by atoms with Gasteiger partial charge >= 0.3 is 6.18 Å². The van der Waals surface area contributed by atoms with Crippen LogP contribution in [0.15, 0.2) is 75.8 Å². The molecule has 2 N–H and O–H groups in total. The number of halogens is 7. The third kappa shape index (κ3) is 7.73. The molecule has 0 atom stereocenters. The molecule has 1 aromatic heterocycles. The summed E-state index contributed by atoms with van der Waals surface area (Å²) in [5, 5.41) is 4.39. The number of nitrogens with zero attached hydrogens (tertiary/aromatic N) is 2. The third-order valence-electron chi connectivity index (χ3n) is 4.53. The number of nitrogens with one attached hydrogen (secondary N) is 2. The van der Waals surface area contributed by atoms with Gasteiger partial charge in [0.15, 0.2) is 5.82 Å². The van der Waals surface area contributed by atoms with Gasteiger partial charge in [0.05, 0.1) is 21.7 Å². The third-order valence-corrected chi connectivity index (χ3v) is 7.51. The Balaban J connectivity index is 1.83. The van der Waals surface area contributed by atoms with Crippen LogP contribution in [-0.2, 0) is 27.5 Å². The van der Waals surface area contributed by atoms with E-state index in [1.807, 2.05) is 0 Å². The Kier molecular flexibility index (Phi) is 9.68. The van der Waals surface area contributed by atoms with E-state index in [1.165, 1.54) is 24.3 Å². The molecule has 0 amide bonds. The number of hydrogen-bond donors (Lipinski definition) is 2. The molecule has 1 heterocycles. The summed E-state index contributed by atoms with van der Waals surface area (Å²) < 4.78 is 64.7. The lowest BCUT2D eigenvalue weighted by Crippen LogP contribution is -2.14. The van der Waals surface area contributed by atoms with Crippen LogP contribution in [-0.4, -0.2) is 19.6 Å². The fourth-order valence-electron chi connectivity index (χ4n) is 2.65. The maximum atomic E-state index is 13.1. The highest BCUT2D eigenvalue weighted by atomic mass is 35.5. The van der Waals surface area contributed by atoms with Gasteiger partial charge in [-0.2, -0.15) is 18.3 Å². The second kappa shape index (κ2) is 12.3. The zero-order valence-corrected chi connectivity index (χ0v) is 22.1. The first kappa shape index (κ1) is 29.0. The number of rotatable bonds is 9. The van der Waals surface area contributed by atoms with Crippen LogP contribution < -0.4 is 10.9 Å². The molecule has 2 aromatic carbocycles. The van der Waals surface area contributed by atoms with E-state index in [0.717, 1.165) is 12.4 Å². The van der Waals surface area contributed by atoms with Crippen molar-refractivity contribution in [3.8, 4) is 0 Å². The highest BCUT2D eigenvalue weighted by Crippen LogP contribution is 2.32. The molecule has 0 fully saturated rings. The van der Waals surface area contributed by atoms with Gasteiger partial charge in [0.1, 0.15) is 11.5 Å². The number of anilines is 1. The predicted octanol–water partition coefficient (Wildman–Crippen LogP) is 7.15. The molecule has 3 aromatic rings. The monoisotopic (exact) mass is 612 g/mol. The average molecular weight is 614 g/mol. The number of benzene rings is 2. The summed E-state index contributed by atoms with van der Waals surface area (Å²) in [5.41, 5.74) is 4.11. The Labute approximate surface area is 229 Å². The van der Waals surface area contributed by atoms with Gasteiger partial charge < -0.3 is 0 Å². The van der Waals surface area contributed by atoms with E-state index in [-0.39, 0.29) is 22.3 Å². The SMILES string of the molecule is O=S(=O)(C(C=NNc1ncc(C(F)(F)F)cc1Cl)=CNOCc1c(Cl)cccc1Cl)c1ccc(Cl)cc1. The minimum absolute atomic E-state index is 0.107. The fraction of sp³-hybridized carbons (Fsp3) is 0.0909. The Hall–Kier alpha value is -2.54. The molecule has 196 valence electrons. The molecule has 0 unspecified atom stereocenters. The summed E-state index contributed by atoms with van der Waals surface area (Å²) in [7, 11) is -4.15. The summed E-state index contributed by atoms with van der Waals surface area (Å²) in [6, 6.07) is 10.9. The highest BCUT2D eigenvalue weighted by Gasteiger charge is 2.31. The standard InChI is InChI=1S/C22H15Cl4F3N4O3S/c23-14-4-6-15(7-5-14)37(34,35)16(11-32-36-12-17-18(24)2-1-3-19(17)25)10-31-33-21-20(26)8-13(9-30-21)22(27,28)29/h1-11,32H,12H2,(H,30,33). The average Bonchev–Trinajstić information content (AvgIpc) is 2.82. The molecule has 0 aliphatic carbocycles. The summed E-state index contributed by atoms with van der Waals surface area (Å²) >= 11 is 23.9. The van der Waals surface area contributed by atoms with Crippen molar-refractivity contribution in [2.24, 2.45) is 5.10 Å². The van der Waals surface area contributed by atoms with Crippen LogP contribution in [0.1, 0.15) is 11.1 Å². The number of aromatic nitrogens is 1. The topological polar surface area (TPSA) is 92.7 Å². The van der Waals surface area contributed by atoms with Crippen LogP contribution in [0.4, 0.5) is 19.0 Å². The predicted molar refractivity (Wildman–Crippen MR) is 137 cm³/mol. The molecule has 0 spiro atoms. The zero-order chi connectivity index (χ0) is 27.2. The number of sulfone groups is 1. The van der Waals surface area contributed by atoms with Gasteiger partial charge in [-0.05, 0) is 42.5 Å². The zero-order valence-electron chi connectivity index (χ0n) is 18.2. The number of pyridine rings is 1. The Bertz CT molecular complexity index is 1410. The second-order valence-electron chi connectivity index (χ2n) is 7.03. The van der Waals surface area contributed by atoms with Crippen molar-refractivity contribution in [3.63, 3.8) is 0 Å². The lowest BCUT2D eigenvalue weighted by molar-refractivity contribution is -0.137. The molecule has 0 saturated carbocycles. The maximum absolute atomic E-state index is 13.1. The molecule has 0 aliphatic heterocycles. The van der Waals surface area contributed by atoms with Crippen molar-refractivity contribution in [2.45, 2.75) is 17.7 Å². The number of hydroxylamine groups is 1. The molecule has 0 saturated heterocycles. The van der Waals surface area contributed by atoms with E-state index in [1.54, 1.807) is 18.2 Å². The van der Waals surface area contributed by atoms with Crippen molar-refractivity contribution < 1.29 is 26.4 Å². The highest BCUT2D eigenvalue weighted by molar-refractivity contribution is 7.96. The minimum Gasteiger partial charge on any atom is -0.273 e. The molecule has 0 bridgehead atoms. The van der Waals surface area contributed by atoms with E-state index in [9.17, 15) is 21.6 Å². The quantitative estimate of drug-likeness (QED) is 0.151. The van der Waals surface area contributed by atoms with E-state index in [0.29, 0.717) is 32.9 Å². The van der Waals surface area contributed by atoms with Gasteiger partial charge in [0.25, 0.3) is 0 Å². The van der Waals surface area contributed by atoms with Crippen molar-refractivity contribution in [3.05, 3.63) is 97.1 Å². The first-order valence-electron chi connectivity index (χ1n) is 9.92. The van der Waals surface area contributed by atoms with Crippen molar-refractivity contribution >= 4 is 68.3 Å². The first-order chi connectivity index (χ1) is 17.4. The van der Waals surface area contributed by atoms with E-state index < -0.39 is 26.5 Å². The fourth-order valence-corrected chi connectivity index (χ4v) is 4.65. The van der Waals surface area contributed by atoms with Crippen molar-refractivity contribution in [1.29, 1.82) is 0 Å². The second-order valence-corrected chi connectivity index (χ2v) is 10.6. The molecule has 0 radical (unpaired) electrons. The molecular formula is C22H15Cl4F3N4O3S. The van der Waals surface area contributed by atoms with Crippen LogP contribution in [0.2, 0.25) is 20.1 Å². The van der Waals surface area contributed by atoms with E-state index in [4.69, 9.17) is 51.2 Å². The van der Waals surface area contributed by atoms with Crippen LogP contribution >= 0.6 is 46.4 Å². The lowest BCUT2D eigenvalue weighted by Gasteiger charge is -2.10. The van der Waals surface area contributed by atoms with Crippen LogP contribution in [0.25, 0.3) is 0 Å². The molecular weight excluding hydrogens is 599 g/mol. The number of alkyl halides is 3. The summed E-state index contributed by atoms with van der Waals surface area (Å²) in [6.07, 6.45) is -2.19. The van der Waals surface area contributed by atoms with Gasteiger partial charge in [0, 0.05) is 33.0 Å². The first-order valence-corrected chi connectivity index (χ1v) is 12.9. The van der Waals surface area contributed by atoms with Gasteiger partial charge in [-0.25, -0.2) is 13.4 Å². The van der Waals surface area contributed by atoms with Crippen LogP contribution in [0.3, 0.4) is 0 Å². The lowest BCUT2D eigenvalue weighted by atomic mass is 10.2. The molecule has 7 nitrogen and oxygen atoms in total. The van der Waals surface area contributed by atoms with Gasteiger partial charge in [-0.1, -0.05) is 52.5 Å². The van der Waals surface area contributed by atoms with Gasteiger partial charge in [-0.3, -0.25) is 15.7 Å². The van der Waals surface area contributed by atoms with Crippen LogP contribution in [0.5, 0.6) is 0 Å². The number of hydrogen-bond acceptors (Lipinski definition) is 7. The smallest absolute Gasteiger partial charge is 0.273 e. The van der Waals surface area contributed by atoms with Gasteiger partial charge in [-0.15, -0.1) is 0 Å². The summed E-state index contributed by atoms with van der Waals surface area (Å²) in [4.78, 5) is 8.35. The van der Waals surface area contributed by atoms with Gasteiger partial charge in [0.2, 0.25) is 9.84 Å². The minimum atomic E-state index is -4.64. The van der Waals surface area contributed by atoms with Crippen LogP contribution in [0, 0.1) is 0 Å². The van der Waals surface area contributed by atoms with E-state index >= 15 is 0 Å². The number of allylic oxidation sites excluding steroid dienone is 1. The van der Waals surface area contributed by atoms with Crippen molar-refractivity contribution in [1.82, 2.24) is 10.5 Å². The maximum Gasteiger partial charge on any atom is 0.417 e. The summed E-state index contributed by atoms with van der Waals surface area (Å²) in [6.45, 7) is -0.107. The van der Waals surface area contributed by atoms with Crippen molar-refractivity contribution in [2.75, 3.05) is 5.43 Å². The molecule has 0 aliphatic rings. The number of hydrazone groups is 1. The Morgan fingerprint density at radius 3 is 2.27 bits per heavy atom. The summed E-state index contributed by atoms with van der Waals surface area (Å²) in [5.74, 6) is -0.230.